The number of hydrogen-bond donors (Lipinski definition) is 1. The molecule has 19 heavy (non-hydrogen) atoms. The summed E-state index contributed by atoms with van der Waals surface area (Å²) < 4.78 is 13.9. The van der Waals surface area contributed by atoms with Crippen LogP contribution in [0.2, 0.25) is 0 Å². The second-order valence-electron chi connectivity index (χ2n) is 5.49. The highest BCUT2D eigenvalue weighted by Crippen LogP contribution is 2.24. The molecule has 0 saturated carbocycles. The monoisotopic (exact) mass is 265 g/mol. The molecule has 0 bridgehead atoms. The number of nitrogens with zero attached hydrogens (tertiary/aromatic N) is 2. The van der Waals surface area contributed by atoms with Gasteiger partial charge in [-0.25, -0.2) is 4.39 Å². The zero-order valence-corrected chi connectivity index (χ0v) is 11.8. The SMILES string of the molecule is CN1CCCC1CN(C)C(CN)c1ccccc1F. The number of likely N-dealkylation sites (N-methyl/N-ethyl adjacent to an activating group) is 2. The van der Waals surface area contributed by atoms with Crippen LogP contribution in [-0.4, -0.2) is 49.6 Å². The topological polar surface area (TPSA) is 32.5 Å². The third-order valence-electron chi connectivity index (χ3n) is 4.19. The average Bonchev–Trinajstić information content (AvgIpc) is 2.78. The van der Waals surface area contributed by atoms with E-state index in [1.54, 1.807) is 6.07 Å². The Morgan fingerprint density at radius 1 is 1.47 bits per heavy atom. The molecule has 1 aliphatic rings. The highest BCUT2D eigenvalue weighted by atomic mass is 19.1. The Labute approximate surface area is 115 Å². The summed E-state index contributed by atoms with van der Waals surface area (Å²) in [5, 5.41) is 0. The third-order valence-corrected chi connectivity index (χ3v) is 4.19. The summed E-state index contributed by atoms with van der Waals surface area (Å²) in [5.41, 5.74) is 6.56. The fourth-order valence-corrected chi connectivity index (χ4v) is 2.96. The molecular weight excluding hydrogens is 241 g/mol. The number of halogens is 1. The van der Waals surface area contributed by atoms with Crippen molar-refractivity contribution in [2.45, 2.75) is 24.9 Å². The predicted octanol–water partition coefficient (Wildman–Crippen LogP) is 1.85. The molecule has 0 aliphatic carbocycles. The van der Waals surface area contributed by atoms with Crippen molar-refractivity contribution in [2.75, 3.05) is 33.7 Å². The van der Waals surface area contributed by atoms with E-state index < -0.39 is 0 Å². The highest BCUT2D eigenvalue weighted by molar-refractivity contribution is 5.21. The maximum atomic E-state index is 13.9. The summed E-state index contributed by atoms with van der Waals surface area (Å²) in [5.74, 6) is -0.162. The van der Waals surface area contributed by atoms with Gasteiger partial charge in [-0.05, 0) is 39.5 Å². The van der Waals surface area contributed by atoms with Gasteiger partial charge in [0.1, 0.15) is 5.82 Å². The van der Waals surface area contributed by atoms with Gasteiger partial charge in [0.25, 0.3) is 0 Å². The van der Waals surface area contributed by atoms with Crippen molar-refractivity contribution >= 4 is 0 Å². The van der Waals surface area contributed by atoms with Crippen molar-refractivity contribution in [3.05, 3.63) is 35.6 Å². The Morgan fingerprint density at radius 2 is 2.21 bits per heavy atom. The lowest BCUT2D eigenvalue weighted by Gasteiger charge is -2.32. The minimum absolute atomic E-state index is 0.0461. The van der Waals surface area contributed by atoms with E-state index >= 15 is 0 Å². The van der Waals surface area contributed by atoms with Gasteiger partial charge in [0.05, 0.1) is 0 Å². The van der Waals surface area contributed by atoms with Crippen LogP contribution in [0, 0.1) is 5.82 Å². The third kappa shape index (κ3) is 3.32. The first-order chi connectivity index (χ1) is 9.13. The molecule has 1 saturated heterocycles. The van der Waals surface area contributed by atoms with Crippen molar-refractivity contribution in [3.8, 4) is 0 Å². The number of hydrogen-bond acceptors (Lipinski definition) is 3. The molecule has 0 spiro atoms. The Hall–Kier alpha value is -0.970. The standard InChI is InChI=1S/C15H24FN3/c1-18-9-5-6-12(18)11-19(2)15(10-17)13-7-3-4-8-14(13)16/h3-4,7-8,12,15H,5-6,9-11,17H2,1-2H3. The van der Waals surface area contributed by atoms with Crippen LogP contribution in [0.15, 0.2) is 24.3 Å². The molecule has 106 valence electrons. The van der Waals surface area contributed by atoms with Crippen molar-refractivity contribution in [3.63, 3.8) is 0 Å². The number of benzene rings is 1. The molecule has 2 rings (SSSR count). The van der Waals surface area contributed by atoms with Crippen molar-refractivity contribution in [1.82, 2.24) is 9.80 Å². The zero-order chi connectivity index (χ0) is 13.8. The van der Waals surface area contributed by atoms with Gasteiger partial charge in [-0.15, -0.1) is 0 Å². The molecule has 2 atom stereocenters. The molecule has 1 aromatic carbocycles. The summed E-state index contributed by atoms with van der Waals surface area (Å²) in [6, 6.07) is 7.45. The Bertz CT molecular complexity index is 410. The summed E-state index contributed by atoms with van der Waals surface area (Å²) in [6.45, 7) is 2.53. The van der Waals surface area contributed by atoms with Crippen LogP contribution in [0.4, 0.5) is 4.39 Å². The maximum absolute atomic E-state index is 13.9. The van der Waals surface area contributed by atoms with E-state index in [0.717, 1.165) is 13.1 Å². The van der Waals surface area contributed by atoms with Gasteiger partial charge in [0, 0.05) is 30.7 Å². The van der Waals surface area contributed by atoms with Crippen LogP contribution in [0.5, 0.6) is 0 Å². The van der Waals surface area contributed by atoms with E-state index in [1.165, 1.54) is 18.9 Å². The normalized spacial score (nSPS) is 22.1. The largest absolute Gasteiger partial charge is 0.329 e. The minimum Gasteiger partial charge on any atom is -0.329 e. The van der Waals surface area contributed by atoms with Crippen LogP contribution < -0.4 is 5.73 Å². The van der Waals surface area contributed by atoms with E-state index in [4.69, 9.17) is 5.73 Å². The second-order valence-corrected chi connectivity index (χ2v) is 5.49. The molecule has 4 heteroatoms. The van der Waals surface area contributed by atoms with E-state index in [1.807, 2.05) is 19.2 Å². The first-order valence-corrected chi connectivity index (χ1v) is 6.98. The summed E-state index contributed by atoms with van der Waals surface area (Å²) in [4.78, 5) is 4.57. The number of rotatable bonds is 5. The van der Waals surface area contributed by atoms with E-state index in [-0.39, 0.29) is 11.9 Å². The van der Waals surface area contributed by atoms with Crippen molar-refractivity contribution in [2.24, 2.45) is 5.73 Å². The quantitative estimate of drug-likeness (QED) is 0.882. The Kier molecular flexibility index (Phi) is 4.91. The first-order valence-electron chi connectivity index (χ1n) is 6.98. The fraction of sp³-hybridized carbons (Fsp3) is 0.600. The minimum atomic E-state index is -0.162. The Balaban J connectivity index is 2.07. The second kappa shape index (κ2) is 6.46. The van der Waals surface area contributed by atoms with Gasteiger partial charge in [0.2, 0.25) is 0 Å². The van der Waals surface area contributed by atoms with Crippen LogP contribution in [0.3, 0.4) is 0 Å². The molecule has 1 heterocycles. The molecule has 3 nitrogen and oxygen atoms in total. The van der Waals surface area contributed by atoms with Gasteiger partial charge in [-0.1, -0.05) is 18.2 Å². The molecule has 0 amide bonds. The van der Waals surface area contributed by atoms with Gasteiger partial charge >= 0.3 is 0 Å². The fourth-order valence-electron chi connectivity index (χ4n) is 2.96. The predicted molar refractivity (Wildman–Crippen MR) is 76.5 cm³/mol. The van der Waals surface area contributed by atoms with E-state index in [0.29, 0.717) is 18.2 Å². The van der Waals surface area contributed by atoms with Gasteiger partial charge < -0.3 is 10.6 Å². The molecule has 2 N–H and O–H groups in total. The zero-order valence-electron chi connectivity index (χ0n) is 11.8. The van der Waals surface area contributed by atoms with E-state index in [2.05, 4.69) is 16.8 Å². The lowest BCUT2D eigenvalue weighted by molar-refractivity contribution is 0.177. The van der Waals surface area contributed by atoms with Crippen LogP contribution in [0.25, 0.3) is 0 Å². The molecule has 1 aromatic rings. The maximum Gasteiger partial charge on any atom is 0.128 e. The summed E-state index contributed by atoms with van der Waals surface area (Å²) >= 11 is 0. The molecule has 1 fully saturated rings. The number of likely N-dealkylation sites (tertiary alicyclic amines) is 1. The molecule has 1 aliphatic heterocycles. The van der Waals surface area contributed by atoms with Crippen LogP contribution in [-0.2, 0) is 0 Å². The highest BCUT2D eigenvalue weighted by Gasteiger charge is 2.26. The molecule has 0 radical (unpaired) electrons. The molecule has 0 aromatic heterocycles. The van der Waals surface area contributed by atoms with Gasteiger partial charge in [0.15, 0.2) is 0 Å². The molecule has 2 unspecified atom stereocenters. The van der Waals surface area contributed by atoms with Gasteiger partial charge in [-0.2, -0.15) is 0 Å². The molecular formula is C15H24FN3. The van der Waals surface area contributed by atoms with Crippen LogP contribution >= 0.6 is 0 Å². The summed E-state index contributed by atoms with van der Waals surface area (Å²) in [7, 11) is 4.20. The lowest BCUT2D eigenvalue weighted by Crippen LogP contribution is -2.40. The average molecular weight is 265 g/mol. The first kappa shape index (κ1) is 14.4. The van der Waals surface area contributed by atoms with Crippen molar-refractivity contribution in [1.29, 1.82) is 0 Å². The van der Waals surface area contributed by atoms with Crippen molar-refractivity contribution < 1.29 is 4.39 Å². The lowest BCUT2D eigenvalue weighted by atomic mass is 10.0. The van der Waals surface area contributed by atoms with Gasteiger partial charge in [-0.3, -0.25) is 4.90 Å². The summed E-state index contributed by atoms with van der Waals surface area (Å²) in [6.07, 6.45) is 2.47. The Morgan fingerprint density at radius 3 is 2.79 bits per heavy atom. The smallest absolute Gasteiger partial charge is 0.128 e. The number of nitrogens with two attached hydrogens (primary N) is 1. The van der Waals surface area contributed by atoms with E-state index in [9.17, 15) is 4.39 Å². The van der Waals surface area contributed by atoms with Crippen LogP contribution in [0.1, 0.15) is 24.4 Å².